The van der Waals surface area contributed by atoms with Crippen molar-refractivity contribution in [2.45, 2.75) is 31.3 Å². The fourth-order valence-corrected chi connectivity index (χ4v) is 3.44. The summed E-state index contributed by atoms with van der Waals surface area (Å²) < 4.78 is 6.11. The van der Waals surface area contributed by atoms with Gasteiger partial charge in [-0.3, -0.25) is 0 Å². The van der Waals surface area contributed by atoms with Crippen LogP contribution in [0.5, 0.6) is 5.75 Å². The number of aliphatic hydroxyl groups excluding tert-OH is 1. The van der Waals surface area contributed by atoms with Gasteiger partial charge in [0.25, 0.3) is 0 Å². The highest BCUT2D eigenvalue weighted by Crippen LogP contribution is 2.41. The molecule has 0 aromatic heterocycles. The van der Waals surface area contributed by atoms with E-state index in [9.17, 15) is 5.11 Å². The van der Waals surface area contributed by atoms with Crippen LogP contribution in [0.1, 0.15) is 48.0 Å². The predicted molar refractivity (Wildman–Crippen MR) is 87.8 cm³/mol. The molecule has 1 atom stereocenters. The first-order valence-electron chi connectivity index (χ1n) is 7.31. The van der Waals surface area contributed by atoms with Crippen molar-refractivity contribution < 1.29 is 9.84 Å². The van der Waals surface area contributed by atoms with Crippen molar-refractivity contribution in [2.24, 2.45) is 0 Å². The number of hydrogen-bond acceptors (Lipinski definition) is 2. The summed E-state index contributed by atoms with van der Waals surface area (Å²) in [5.41, 5.74) is 3.21. The number of benzene rings is 2. The minimum atomic E-state index is -0.594. The van der Waals surface area contributed by atoms with Crippen LogP contribution < -0.4 is 4.74 Å². The third kappa shape index (κ3) is 2.85. The summed E-state index contributed by atoms with van der Waals surface area (Å²) in [5.74, 6) is 1.38. The maximum Gasteiger partial charge on any atom is 0.133 e. The first-order valence-corrected chi connectivity index (χ1v) is 8.10. The minimum absolute atomic E-state index is 0.594. The van der Waals surface area contributed by atoms with E-state index in [1.807, 2.05) is 30.3 Å². The first kappa shape index (κ1) is 14.6. The summed E-state index contributed by atoms with van der Waals surface area (Å²) in [6.45, 7) is 0. The SMILES string of the molecule is COc1ccc(C(O)c2ccccc2C2CCC2)cc1Br. The smallest absolute Gasteiger partial charge is 0.133 e. The van der Waals surface area contributed by atoms with Gasteiger partial charge in [0.2, 0.25) is 0 Å². The Bertz CT molecular complexity index is 635. The second kappa shape index (κ2) is 6.20. The van der Waals surface area contributed by atoms with E-state index < -0.39 is 6.10 Å². The standard InChI is InChI=1S/C18H19BrO2/c1-21-17-10-9-13(11-16(17)19)18(20)15-8-3-2-7-14(15)12-5-4-6-12/h2-3,7-12,18,20H,4-6H2,1H3. The van der Waals surface area contributed by atoms with Crippen LogP contribution >= 0.6 is 15.9 Å². The third-order valence-electron chi connectivity index (χ3n) is 4.33. The average Bonchev–Trinajstić information content (AvgIpc) is 2.45. The van der Waals surface area contributed by atoms with Crippen molar-refractivity contribution in [3.05, 3.63) is 63.6 Å². The lowest BCUT2D eigenvalue weighted by molar-refractivity contribution is 0.217. The molecule has 2 aromatic rings. The zero-order valence-electron chi connectivity index (χ0n) is 12.1. The molecule has 3 heteroatoms. The Labute approximate surface area is 133 Å². The summed E-state index contributed by atoms with van der Waals surface area (Å²) >= 11 is 3.48. The maximum atomic E-state index is 10.8. The summed E-state index contributed by atoms with van der Waals surface area (Å²) in [5, 5.41) is 10.8. The number of hydrogen-bond donors (Lipinski definition) is 1. The Kier molecular flexibility index (Phi) is 4.32. The van der Waals surface area contributed by atoms with Crippen LogP contribution in [-0.4, -0.2) is 12.2 Å². The molecule has 2 nitrogen and oxygen atoms in total. The van der Waals surface area contributed by atoms with Crippen molar-refractivity contribution in [3.8, 4) is 5.75 Å². The molecule has 1 aliphatic rings. The molecule has 0 amide bonds. The first-order chi connectivity index (χ1) is 10.2. The number of aliphatic hydroxyl groups is 1. The van der Waals surface area contributed by atoms with E-state index in [1.54, 1.807) is 7.11 Å². The molecular formula is C18H19BrO2. The second-order valence-corrected chi connectivity index (χ2v) is 6.41. The zero-order valence-corrected chi connectivity index (χ0v) is 13.6. The highest BCUT2D eigenvalue weighted by atomic mass is 79.9. The van der Waals surface area contributed by atoms with Crippen molar-refractivity contribution in [1.82, 2.24) is 0 Å². The molecule has 0 aliphatic heterocycles. The molecule has 0 spiro atoms. The summed E-state index contributed by atoms with van der Waals surface area (Å²) in [4.78, 5) is 0. The Morgan fingerprint density at radius 3 is 2.57 bits per heavy atom. The van der Waals surface area contributed by atoms with E-state index >= 15 is 0 Å². The van der Waals surface area contributed by atoms with Gasteiger partial charge in [-0.15, -0.1) is 0 Å². The van der Waals surface area contributed by atoms with E-state index in [0.29, 0.717) is 5.92 Å². The molecule has 1 fully saturated rings. The quantitative estimate of drug-likeness (QED) is 0.860. The number of rotatable bonds is 4. The fraction of sp³-hybridized carbons (Fsp3) is 0.333. The Morgan fingerprint density at radius 1 is 1.19 bits per heavy atom. The molecule has 1 N–H and O–H groups in total. The van der Waals surface area contributed by atoms with Crippen molar-refractivity contribution in [1.29, 1.82) is 0 Å². The normalized spacial score (nSPS) is 16.3. The van der Waals surface area contributed by atoms with Crippen molar-refractivity contribution in [3.63, 3.8) is 0 Å². The number of methoxy groups -OCH3 is 1. The van der Waals surface area contributed by atoms with Crippen LogP contribution in [0.15, 0.2) is 46.9 Å². The molecule has 1 saturated carbocycles. The molecule has 21 heavy (non-hydrogen) atoms. The Hall–Kier alpha value is -1.32. The summed E-state index contributed by atoms with van der Waals surface area (Å²) in [6.07, 6.45) is 3.17. The van der Waals surface area contributed by atoms with Gasteiger partial charge < -0.3 is 9.84 Å². The van der Waals surface area contributed by atoms with Crippen molar-refractivity contribution in [2.75, 3.05) is 7.11 Å². The molecule has 0 heterocycles. The molecule has 0 saturated heterocycles. The second-order valence-electron chi connectivity index (χ2n) is 5.55. The van der Waals surface area contributed by atoms with Crippen LogP contribution in [0.4, 0.5) is 0 Å². The van der Waals surface area contributed by atoms with Gasteiger partial charge in [-0.25, -0.2) is 0 Å². The van der Waals surface area contributed by atoms with Gasteiger partial charge in [0, 0.05) is 0 Å². The minimum Gasteiger partial charge on any atom is -0.496 e. The monoisotopic (exact) mass is 346 g/mol. The molecule has 2 aromatic carbocycles. The molecule has 1 unspecified atom stereocenters. The third-order valence-corrected chi connectivity index (χ3v) is 4.95. The van der Waals surface area contributed by atoms with Crippen LogP contribution in [0.2, 0.25) is 0 Å². The van der Waals surface area contributed by atoms with E-state index in [-0.39, 0.29) is 0 Å². The average molecular weight is 347 g/mol. The molecule has 1 aliphatic carbocycles. The van der Waals surface area contributed by atoms with E-state index in [4.69, 9.17) is 4.74 Å². The Balaban J connectivity index is 1.94. The van der Waals surface area contributed by atoms with Crippen LogP contribution in [0.3, 0.4) is 0 Å². The zero-order chi connectivity index (χ0) is 14.8. The van der Waals surface area contributed by atoms with Crippen LogP contribution in [0.25, 0.3) is 0 Å². The topological polar surface area (TPSA) is 29.5 Å². The summed E-state index contributed by atoms with van der Waals surface area (Å²) in [6, 6.07) is 14.0. The van der Waals surface area contributed by atoms with Gasteiger partial charge >= 0.3 is 0 Å². The molecule has 0 bridgehead atoms. The van der Waals surface area contributed by atoms with Crippen LogP contribution in [-0.2, 0) is 0 Å². The van der Waals surface area contributed by atoms with Gasteiger partial charge in [0.1, 0.15) is 11.9 Å². The van der Waals surface area contributed by atoms with Gasteiger partial charge in [-0.1, -0.05) is 36.8 Å². The lowest BCUT2D eigenvalue weighted by atomic mass is 9.77. The predicted octanol–water partition coefficient (Wildman–Crippen LogP) is 4.81. The fourth-order valence-electron chi connectivity index (χ4n) is 2.88. The highest BCUT2D eigenvalue weighted by Gasteiger charge is 2.25. The number of ether oxygens (including phenoxy) is 1. The summed E-state index contributed by atoms with van der Waals surface area (Å²) in [7, 11) is 1.64. The largest absolute Gasteiger partial charge is 0.496 e. The molecule has 0 radical (unpaired) electrons. The van der Waals surface area contributed by atoms with Gasteiger partial charge in [0.15, 0.2) is 0 Å². The van der Waals surface area contributed by atoms with Crippen molar-refractivity contribution >= 4 is 15.9 Å². The highest BCUT2D eigenvalue weighted by molar-refractivity contribution is 9.10. The lowest BCUT2D eigenvalue weighted by Gasteiger charge is -2.29. The van der Waals surface area contributed by atoms with Gasteiger partial charge in [-0.2, -0.15) is 0 Å². The van der Waals surface area contributed by atoms with Gasteiger partial charge in [0.05, 0.1) is 11.6 Å². The molecule has 3 rings (SSSR count). The van der Waals surface area contributed by atoms with E-state index in [0.717, 1.165) is 21.3 Å². The number of halogens is 1. The maximum absolute atomic E-state index is 10.8. The Morgan fingerprint density at radius 2 is 1.95 bits per heavy atom. The lowest BCUT2D eigenvalue weighted by Crippen LogP contribution is -2.13. The van der Waals surface area contributed by atoms with Gasteiger partial charge in [-0.05, 0) is 63.5 Å². The van der Waals surface area contributed by atoms with E-state index in [2.05, 4.69) is 28.1 Å². The van der Waals surface area contributed by atoms with E-state index in [1.165, 1.54) is 24.8 Å². The molecular weight excluding hydrogens is 328 g/mol. The van der Waals surface area contributed by atoms with Crippen LogP contribution in [0, 0.1) is 0 Å². The molecule has 110 valence electrons.